The fourth-order valence-corrected chi connectivity index (χ4v) is 3.14. The third-order valence-electron chi connectivity index (χ3n) is 4.39. The van der Waals surface area contributed by atoms with Crippen molar-refractivity contribution in [2.75, 3.05) is 26.8 Å². The van der Waals surface area contributed by atoms with Gasteiger partial charge in [0.1, 0.15) is 5.41 Å². The molecule has 23 heavy (non-hydrogen) atoms. The van der Waals surface area contributed by atoms with Gasteiger partial charge < -0.3 is 14.7 Å². The van der Waals surface area contributed by atoms with Crippen LogP contribution in [0.5, 0.6) is 0 Å². The topological polar surface area (TPSA) is 84.7 Å². The van der Waals surface area contributed by atoms with Gasteiger partial charge >= 0.3 is 5.97 Å². The van der Waals surface area contributed by atoms with Crippen molar-refractivity contribution in [1.29, 1.82) is 0 Å². The van der Waals surface area contributed by atoms with Crippen LogP contribution in [0.3, 0.4) is 0 Å². The van der Waals surface area contributed by atoms with E-state index < -0.39 is 11.4 Å². The average molecular weight is 323 g/mol. The van der Waals surface area contributed by atoms with Crippen LogP contribution in [0, 0.1) is 12.3 Å². The van der Waals surface area contributed by atoms with Crippen molar-refractivity contribution in [3.05, 3.63) is 17.5 Å². The number of carboxylic acids is 1. The van der Waals surface area contributed by atoms with E-state index >= 15 is 0 Å². The van der Waals surface area contributed by atoms with Gasteiger partial charge in [-0.15, -0.1) is 0 Å². The SMILES string of the molecule is COCC1(C(=O)O)CCN(C(=O)c2cnn(C(C)(C)C)c2C)C1. The molecule has 0 aromatic carbocycles. The number of hydrogen-bond acceptors (Lipinski definition) is 4. The standard InChI is InChI=1S/C16H25N3O4/c1-11-12(8-17-19(11)15(2,3)4)13(20)18-7-6-16(9-18,10-23-5)14(21)22/h8H,6-7,9-10H2,1-5H3,(H,21,22). The molecule has 0 spiro atoms. The minimum absolute atomic E-state index is 0.104. The van der Waals surface area contributed by atoms with Gasteiger partial charge in [0.25, 0.3) is 5.91 Å². The fraction of sp³-hybridized carbons (Fsp3) is 0.688. The van der Waals surface area contributed by atoms with E-state index in [9.17, 15) is 14.7 Å². The normalized spacial score (nSPS) is 21.7. The summed E-state index contributed by atoms with van der Waals surface area (Å²) in [5.74, 6) is -1.09. The van der Waals surface area contributed by atoms with Crippen LogP contribution in [-0.2, 0) is 15.1 Å². The highest BCUT2D eigenvalue weighted by molar-refractivity contribution is 5.96. The molecule has 0 saturated carbocycles. The van der Waals surface area contributed by atoms with Crippen LogP contribution in [0.1, 0.15) is 43.2 Å². The highest BCUT2D eigenvalue weighted by Gasteiger charge is 2.46. The van der Waals surface area contributed by atoms with Gasteiger partial charge in [-0.05, 0) is 34.1 Å². The lowest BCUT2D eigenvalue weighted by Crippen LogP contribution is -2.40. The van der Waals surface area contributed by atoms with E-state index in [0.717, 1.165) is 5.69 Å². The summed E-state index contributed by atoms with van der Waals surface area (Å²) < 4.78 is 6.88. The van der Waals surface area contributed by atoms with Crippen LogP contribution in [0.4, 0.5) is 0 Å². The second kappa shape index (κ2) is 5.96. The zero-order valence-corrected chi connectivity index (χ0v) is 14.4. The Labute approximate surface area is 136 Å². The Morgan fingerprint density at radius 2 is 2.09 bits per heavy atom. The van der Waals surface area contributed by atoms with Crippen LogP contribution in [0.15, 0.2) is 6.20 Å². The summed E-state index contributed by atoms with van der Waals surface area (Å²) in [6, 6.07) is 0. The molecule has 7 heteroatoms. The molecular weight excluding hydrogens is 298 g/mol. The predicted octanol–water partition coefficient (Wildman–Crippen LogP) is 1.51. The number of methoxy groups -OCH3 is 1. The molecule has 7 nitrogen and oxygen atoms in total. The van der Waals surface area contributed by atoms with Gasteiger partial charge in [-0.1, -0.05) is 0 Å². The van der Waals surface area contributed by atoms with Gasteiger partial charge in [0, 0.05) is 25.9 Å². The number of amides is 1. The molecular formula is C16H25N3O4. The minimum Gasteiger partial charge on any atom is -0.481 e. The summed E-state index contributed by atoms with van der Waals surface area (Å²) in [6.07, 6.45) is 1.97. The van der Waals surface area contributed by atoms with Gasteiger partial charge in [-0.25, -0.2) is 0 Å². The third-order valence-corrected chi connectivity index (χ3v) is 4.39. The van der Waals surface area contributed by atoms with Crippen molar-refractivity contribution in [2.24, 2.45) is 5.41 Å². The number of likely N-dealkylation sites (tertiary alicyclic amines) is 1. The first-order chi connectivity index (χ1) is 10.6. The van der Waals surface area contributed by atoms with Crippen LogP contribution >= 0.6 is 0 Å². The highest BCUT2D eigenvalue weighted by Crippen LogP contribution is 2.32. The molecule has 2 rings (SSSR count). The maximum absolute atomic E-state index is 12.8. The van der Waals surface area contributed by atoms with Crippen molar-refractivity contribution < 1.29 is 19.4 Å². The van der Waals surface area contributed by atoms with E-state index in [0.29, 0.717) is 18.5 Å². The first-order valence-corrected chi connectivity index (χ1v) is 7.69. The lowest BCUT2D eigenvalue weighted by molar-refractivity contribution is -0.151. The van der Waals surface area contributed by atoms with E-state index in [4.69, 9.17) is 4.74 Å². The Bertz CT molecular complexity index is 617. The number of ether oxygens (including phenoxy) is 1. The van der Waals surface area contributed by atoms with E-state index in [1.165, 1.54) is 7.11 Å². The van der Waals surface area contributed by atoms with Crippen LogP contribution < -0.4 is 0 Å². The maximum atomic E-state index is 12.8. The van der Waals surface area contributed by atoms with Gasteiger partial charge in [-0.2, -0.15) is 5.10 Å². The molecule has 1 unspecified atom stereocenters. The molecule has 1 aliphatic heterocycles. The molecule has 1 amide bonds. The summed E-state index contributed by atoms with van der Waals surface area (Å²) in [5, 5.41) is 13.8. The first-order valence-electron chi connectivity index (χ1n) is 7.69. The van der Waals surface area contributed by atoms with E-state index in [2.05, 4.69) is 5.10 Å². The molecule has 1 aromatic rings. The number of aliphatic carboxylic acids is 1. The monoisotopic (exact) mass is 323 g/mol. The maximum Gasteiger partial charge on any atom is 0.313 e. The molecule has 1 aliphatic rings. The number of aromatic nitrogens is 2. The largest absolute Gasteiger partial charge is 0.481 e. The molecule has 128 valence electrons. The molecule has 1 atom stereocenters. The molecule has 0 aliphatic carbocycles. The lowest BCUT2D eigenvalue weighted by Gasteiger charge is -2.24. The highest BCUT2D eigenvalue weighted by atomic mass is 16.5. The van der Waals surface area contributed by atoms with Crippen molar-refractivity contribution in [3.63, 3.8) is 0 Å². The van der Waals surface area contributed by atoms with Crippen molar-refractivity contribution in [1.82, 2.24) is 14.7 Å². The lowest BCUT2D eigenvalue weighted by atomic mass is 9.88. The zero-order valence-electron chi connectivity index (χ0n) is 14.4. The quantitative estimate of drug-likeness (QED) is 0.908. The number of carbonyl (C=O) groups excluding carboxylic acids is 1. The summed E-state index contributed by atoms with van der Waals surface area (Å²) in [6.45, 7) is 8.60. The molecule has 1 fully saturated rings. The van der Waals surface area contributed by atoms with Gasteiger partial charge in [0.15, 0.2) is 0 Å². The van der Waals surface area contributed by atoms with Gasteiger partial charge in [-0.3, -0.25) is 14.3 Å². The van der Waals surface area contributed by atoms with Crippen molar-refractivity contribution >= 4 is 11.9 Å². The zero-order chi connectivity index (χ0) is 17.4. The smallest absolute Gasteiger partial charge is 0.313 e. The molecule has 0 radical (unpaired) electrons. The molecule has 1 aromatic heterocycles. The average Bonchev–Trinajstić information content (AvgIpc) is 3.03. The molecule has 1 saturated heterocycles. The third kappa shape index (κ3) is 3.10. The molecule has 1 N–H and O–H groups in total. The number of rotatable bonds is 4. The second-order valence-electron chi connectivity index (χ2n) is 7.22. The van der Waals surface area contributed by atoms with Crippen molar-refractivity contribution in [2.45, 2.75) is 39.7 Å². The Hall–Kier alpha value is -1.89. The number of nitrogens with zero attached hydrogens (tertiary/aromatic N) is 3. The van der Waals surface area contributed by atoms with E-state index in [1.807, 2.05) is 32.4 Å². The van der Waals surface area contributed by atoms with Gasteiger partial charge in [0.2, 0.25) is 0 Å². The number of carboxylic acid groups (broad SMARTS) is 1. The number of hydrogen-bond donors (Lipinski definition) is 1. The summed E-state index contributed by atoms with van der Waals surface area (Å²) >= 11 is 0. The Morgan fingerprint density at radius 3 is 2.57 bits per heavy atom. The van der Waals surface area contributed by atoms with Gasteiger partial charge in [0.05, 0.1) is 23.9 Å². The predicted molar refractivity (Wildman–Crippen MR) is 84.4 cm³/mol. The first kappa shape index (κ1) is 17.5. The van der Waals surface area contributed by atoms with Crippen LogP contribution in [0.25, 0.3) is 0 Å². The Kier molecular flexibility index (Phi) is 4.52. The summed E-state index contributed by atoms with van der Waals surface area (Å²) in [5.41, 5.74) is 0.0907. The Balaban J connectivity index is 2.23. The summed E-state index contributed by atoms with van der Waals surface area (Å²) in [4.78, 5) is 25.9. The Morgan fingerprint density at radius 1 is 1.43 bits per heavy atom. The fourth-order valence-electron chi connectivity index (χ4n) is 3.14. The van der Waals surface area contributed by atoms with E-state index in [-0.39, 0.29) is 24.6 Å². The van der Waals surface area contributed by atoms with Crippen LogP contribution in [0.2, 0.25) is 0 Å². The number of carbonyl (C=O) groups is 2. The van der Waals surface area contributed by atoms with Crippen LogP contribution in [-0.4, -0.2) is 58.5 Å². The van der Waals surface area contributed by atoms with E-state index in [1.54, 1.807) is 11.1 Å². The van der Waals surface area contributed by atoms with Crippen molar-refractivity contribution in [3.8, 4) is 0 Å². The summed E-state index contributed by atoms with van der Waals surface area (Å²) in [7, 11) is 1.48. The minimum atomic E-state index is -1.02. The molecule has 0 bridgehead atoms. The molecule has 2 heterocycles. The second-order valence-corrected chi connectivity index (χ2v) is 7.22.